The summed E-state index contributed by atoms with van der Waals surface area (Å²) in [6.07, 6.45) is 0. The van der Waals surface area contributed by atoms with Crippen molar-refractivity contribution < 1.29 is 19.1 Å². The Hall–Kier alpha value is -5.22. The molecular formula is C31H23N3O4. The molecule has 1 aliphatic heterocycles. The van der Waals surface area contributed by atoms with Gasteiger partial charge in [-0.3, -0.25) is 9.59 Å². The van der Waals surface area contributed by atoms with Crippen molar-refractivity contribution in [3.8, 4) is 17.2 Å². The topological polar surface area (TPSA) is 99.5 Å². The van der Waals surface area contributed by atoms with Gasteiger partial charge in [-0.1, -0.05) is 60.7 Å². The number of nitriles is 1. The summed E-state index contributed by atoms with van der Waals surface area (Å²) in [5.74, 6) is -1.46. The molecule has 1 heterocycles. The van der Waals surface area contributed by atoms with Gasteiger partial charge in [-0.15, -0.1) is 0 Å². The minimum Gasteiger partial charge on any atom is -0.462 e. The predicted molar refractivity (Wildman–Crippen MR) is 144 cm³/mol. The highest BCUT2D eigenvalue weighted by atomic mass is 16.5. The maximum absolute atomic E-state index is 13.2. The molecule has 0 radical (unpaired) electrons. The van der Waals surface area contributed by atoms with Crippen molar-refractivity contribution in [1.29, 1.82) is 5.26 Å². The number of hydrogen-bond acceptors (Lipinski definition) is 6. The molecule has 38 heavy (non-hydrogen) atoms. The zero-order valence-corrected chi connectivity index (χ0v) is 20.6. The van der Waals surface area contributed by atoms with Crippen LogP contribution in [0.4, 0.5) is 11.4 Å². The number of para-hydroxylation sites is 1. The van der Waals surface area contributed by atoms with Gasteiger partial charge in [-0.2, -0.15) is 5.26 Å². The lowest BCUT2D eigenvalue weighted by Crippen LogP contribution is -2.30. The highest BCUT2D eigenvalue weighted by Gasteiger charge is 2.38. The summed E-state index contributed by atoms with van der Waals surface area (Å²) in [5.41, 5.74) is 4.71. The summed E-state index contributed by atoms with van der Waals surface area (Å²) in [7, 11) is 0. The molecule has 1 aliphatic rings. The van der Waals surface area contributed by atoms with Gasteiger partial charge in [0.2, 0.25) is 0 Å². The Kier molecular flexibility index (Phi) is 6.70. The van der Waals surface area contributed by atoms with E-state index in [1.54, 1.807) is 55.5 Å². The first-order chi connectivity index (χ1) is 18.5. The number of carbonyl (C=O) groups excluding carboxylic acids is 3. The van der Waals surface area contributed by atoms with Crippen LogP contribution in [-0.4, -0.2) is 24.4 Å². The standard InChI is InChI=1S/C31H23N3O4/c1-2-38-31(37)26-12-7-13-27(34-29(35)24-10-5-6-11-25(24)30(34)36)28(26)33-19-20-14-16-21(17-15-20)23-9-4-3-8-22(23)18-32/h3-17,33H,2,19H2,1H3. The van der Waals surface area contributed by atoms with Crippen molar-refractivity contribution in [2.45, 2.75) is 13.5 Å². The molecule has 1 N–H and O–H groups in total. The van der Waals surface area contributed by atoms with E-state index in [0.29, 0.717) is 28.9 Å². The third-order valence-electron chi connectivity index (χ3n) is 6.35. The van der Waals surface area contributed by atoms with Crippen LogP contribution in [0.1, 0.15) is 49.1 Å². The third-order valence-corrected chi connectivity index (χ3v) is 6.35. The molecule has 0 aliphatic carbocycles. The van der Waals surface area contributed by atoms with E-state index >= 15 is 0 Å². The van der Waals surface area contributed by atoms with Gasteiger partial charge in [0, 0.05) is 6.54 Å². The number of benzene rings is 4. The number of carbonyl (C=O) groups is 3. The minimum atomic E-state index is -0.558. The highest BCUT2D eigenvalue weighted by Crippen LogP contribution is 2.36. The first-order valence-corrected chi connectivity index (χ1v) is 12.1. The monoisotopic (exact) mass is 501 g/mol. The molecule has 4 aromatic carbocycles. The number of nitrogens with one attached hydrogen (secondary N) is 1. The third kappa shape index (κ3) is 4.40. The fourth-order valence-corrected chi connectivity index (χ4v) is 4.52. The molecule has 4 aromatic rings. The van der Waals surface area contributed by atoms with Gasteiger partial charge in [0.15, 0.2) is 0 Å². The smallest absolute Gasteiger partial charge is 0.340 e. The molecule has 0 atom stereocenters. The zero-order chi connectivity index (χ0) is 26.6. The molecule has 5 rings (SSSR count). The largest absolute Gasteiger partial charge is 0.462 e. The second-order valence-electron chi connectivity index (χ2n) is 8.62. The quantitative estimate of drug-likeness (QED) is 0.253. The SMILES string of the molecule is CCOC(=O)c1cccc(N2C(=O)c3ccccc3C2=O)c1NCc1ccc(-c2ccccc2C#N)cc1. The summed E-state index contributed by atoms with van der Waals surface area (Å²) in [6.45, 7) is 2.21. The molecule has 0 bridgehead atoms. The lowest BCUT2D eigenvalue weighted by molar-refractivity contribution is 0.0527. The van der Waals surface area contributed by atoms with Crippen molar-refractivity contribution in [1.82, 2.24) is 0 Å². The van der Waals surface area contributed by atoms with Crippen LogP contribution in [-0.2, 0) is 11.3 Å². The lowest BCUT2D eigenvalue weighted by atomic mass is 9.99. The van der Waals surface area contributed by atoms with Crippen LogP contribution in [0.15, 0.2) is 91.0 Å². The Balaban J connectivity index is 1.48. The highest BCUT2D eigenvalue weighted by molar-refractivity contribution is 6.35. The first kappa shape index (κ1) is 24.5. The Morgan fingerprint density at radius 1 is 0.842 bits per heavy atom. The van der Waals surface area contributed by atoms with E-state index in [-0.39, 0.29) is 17.9 Å². The van der Waals surface area contributed by atoms with Crippen LogP contribution in [0, 0.1) is 11.3 Å². The number of rotatable bonds is 7. The summed E-state index contributed by atoms with van der Waals surface area (Å²) < 4.78 is 5.25. The van der Waals surface area contributed by atoms with Crippen LogP contribution in [0.25, 0.3) is 11.1 Å². The zero-order valence-electron chi connectivity index (χ0n) is 20.6. The van der Waals surface area contributed by atoms with E-state index in [0.717, 1.165) is 21.6 Å². The Labute approximate surface area is 219 Å². The number of ether oxygens (including phenoxy) is 1. The molecule has 7 nitrogen and oxygen atoms in total. The second-order valence-corrected chi connectivity index (χ2v) is 8.62. The molecule has 0 unspecified atom stereocenters. The second kappa shape index (κ2) is 10.4. The Morgan fingerprint density at radius 2 is 1.47 bits per heavy atom. The van der Waals surface area contributed by atoms with Crippen LogP contribution in [0.3, 0.4) is 0 Å². The maximum atomic E-state index is 13.2. The van der Waals surface area contributed by atoms with Crippen LogP contribution >= 0.6 is 0 Å². The Bertz CT molecular complexity index is 1570. The average Bonchev–Trinajstić information content (AvgIpc) is 3.21. The predicted octanol–water partition coefficient (Wildman–Crippen LogP) is 5.81. The fraction of sp³-hybridized carbons (Fsp3) is 0.0968. The number of fused-ring (bicyclic) bond motifs is 1. The molecule has 2 amide bonds. The van der Waals surface area contributed by atoms with Gasteiger partial charge in [0.1, 0.15) is 0 Å². The van der Waals surface area contributed by atoms with Crippen molar-refractivity contribution in [2.75, 3.05) is 16.8 Å². The summed E-state index contributed by atoms with van der Waals surface area (Å²) in [5, 5.41) is 12.7. The van der Waals surface area contributed by atoms with E-state index < -0.39 is 17.8 Å². The van der Waals surface area contributed by atoms with Gasteiger partial charge in [-0.05, 0) is 53.9 Å². The molecule has 7 heteroatoms. The molecule has 0 fully saturated rings. The fourth-order valence-electron chi connectivity index (χ4n) is 4.52. The van der Waals surface area contributed by atoms with Crippen molar-refractivity contribution in [3.63, 3.8) is 0 Å². The van der Waals surface area contributed by atoms with E-state index in [4.69, 9.17) is 4.74 Å². The number of amides is 2. The maximum Gasteiger partial charge on any atom is 0.340 e. The molecule has 186 valence electrons. The van der Waals surface area contributed by atoms with Gasteiger partial charge in [0.05, 0.1) is 46.3 Å². The number of imide groups is 1. The molecule has 0 spiro atoms. The molecule has 0 aromatic heterocycles. The van der Waals surface area contributed by atoms with Crippen LogP contribution in [0.5, 0.6) is 0 Å². The number of hydrogen-bond donors (Lipinski definition) is 1. The van der Waals surface area contributed by atoms with E-state index in [9.17, 15) is 19.6 Å². The van der Waals surface area contributed by atoms with Gasteiger partial charge >= 0.3 is 5.97 Å². The summed E-state index contributed by atoms with van der Waals surface area (Å²) in [4.78, 5) is 40.3. The lowest BCUT2D eigenvalue weighted by Gasteiger charge is -2.21. The van der Waals surface area contributed by atoms with E-state index in [1.165, 1.54) is 0 Å². The molecule has 0 saturated heterocycles. The van der Waals surface area contributed by atoms with Crippen LogP contribution < -0.4 is 10.2 Å². The average molecular weight is 502 g/mol. The minimum absolute atomic E-state index is 0.182. The van der Waals surface area contributed by atoms with Crippen molar-refractivity contribution >= 4 is 29.2 Å². The first-order valence-electron chi connectivity index (χ1n) is 12.1. The number of esters is 1. The molecular weight excluding hydrogens is 478 g/mol. The van der Waals surface area contributed by atoms with Gasteiger partial charge in [0.25, 0.3) is 11.8 Å². The Morgan fingerprint density at radius 3 is 2.11 bits per heavy atom. The summed E-state index contributed by atoms with van der Waals surface area (Å²) in [6, 6.07) is 28.8. The van der Waals surface area contributed by atoms with E-state index in [2.05, 4.69) is 11.4 Å². The number of nitrogens with zero attached hydrogens (tertiary/aromatic N) is 2. The van der Waals surface area contributed by atoms with Crippen molar-refractivity contribution in [2.24, 2.45) is 0 Å². The van der Waals surface area contributed by atoms with Gasteiger partial charge < -0.3 is 10.1 Å². The molecule has 0 saturated carbocycles. The van der Waals surface area contributed by atoms with Crippen molar-refractivity contribution in [3.05, 3.63) is 119 Å². The van der Waals surface area contributed by atoms with Crippen LogP contribution in [0.2, 0.25) is 0 Å². The normalized spacial score (nSPS) is 12.2. The van der Waals surface area contributed by atoms with E-state index in [1.807, 2.05) is 42.5 Å². The number of anilines is 2. The summed E-state index contributed by atoms with van der Waals surface area (Å²) >= 11 is 0. The van der Waals surface area contributed by atoms with Gasteiger partial charge in [-0.25, -0.2) is 9.69 Å².